The highest BCUT2D eigenvalue weighted by Crippen LogP contribution is 2.00. The molecule has 0 aromatic rings. The van der Waals surface area contributed by atoms with Crippen molar-refractivity contribution in [2.45, 2.75) is 12.8 Å². The largest absolute Gasteiger partial charge is 0.368 e. The normalized spacial score (nSPS) is 20.6. The molecule has 0 atom stereocenters. The fraction of sp³-hybridized carbons (Fsp3) is 0.636. The smallest absolute Gasteiger partial charge is 0.242 e. The molecule has 1 rings (SSSR count). The second-order valence-electron chi connectivity index (χ2n) is 8.51. The van der Waals surface area contributed by atoms with Gasteiger partial charge in [0.25, 0.3) is 0 Å². The Hall–Kier alpha value is -3.48. The minimum atomic E-state index is -0.666. The van der Waals surface area contributed by atoms with Gasteiger partial charge in [-0.3, -0.25) is 28.8 Å². The summed E-state index contributed by atoms with van der Waals surface area (Å²) in [5, 5.41) is 3.00. The Labute approximate surface area is 205 Å². The molecule has 13 nitrogen and oxygen atoms in total. The van der Waals surface area contributed by atoms with Gasteiger partial charge in [-0.15, -0.1) is 0 Å². The Morgan fingerprint density at radius 1 is 0.743 bits per heavy atom. The van der Waals surface area contributed by atoms with Gasteiger partial charge in [-0.25, -0.2) is 0 Å². The predicted octanol–water partition coefficient (Wildman–Crippen LogP) is -2.93. The molecule has 196 valence electrons. The number of likely N-dealkylation sites (N-methyl/N-ethyl adjacent to an activating group) is 4. The molecule has 0 spiro atoms. The van der Waals surface area contributed by atoms with Crippen LogP contribution in [0.5, 0.6) is 0 Å². The summed E-state index contributed by atoms with van der Waals surface area (Å²) in [5.74, 6) is -2.76. The minimum Gasteiger partial charge on any atom is -0.368 e. The molecule has 1 aliphatic rings. The Morgan fingerprint density at radius 2 is 1.17 bits per heavy atom. The van der Waals surface area contributed by atoms with E-state index in [1.165, 1.54) is 47.8 Å². The number of carbonyl (C=O) groups excluding carboxylic acids is 6. The molecule has 0 unspecified atom stereocenters. The summed E-state index contributed by atoms with van der Waals surface area (Å²) in [6.45, 7) is -0.473. The van der Waals surface area contributed by atoms with E-state index >= 15 is 0 Å². The standard InChI is InChI=1S/C22H37N7O6/c1-25-13-19(32)26(2)14-20(33)27(3)15-21(34)28(4)16-22(35)29(12-17(23)30)10-8-6-5-7-9-24-11-18(25)31/h5-6,24H,7-16H2,1-4H3,(H2,23,30)/b6-5+. The van der Waals surface area contributed by atoms with Crippen molar-refractivity contribution in [1.29, 1.82) is 0 Å². The van der Waals surface area contributed by atoms with Crippen LogP contribution in [0, 0.1) is 0 Å². The van der Waals surface area contributed by atoms with Crippen LogP contribution in [0.15, 0.2) is 12.2 Å². The van der Waals surface area contributed by atoms with Gasteiger partial charge in [0.2, 0.25) is 35.4 Å². The zero-order chi connectivity index (χ0) is 26.5. The van der Waals surface area contributed by atoms with Crippen molar-refractivity contribution < 1.29 is 28.8 Å². The highest BCUT2D eigenvalue weighted by atomic mass is 16.2. The van der Waals surface area contributed by atoms with Crippen LogP contribution in [0.2, 0.25) is 0 Å². The molecule has 13 heteroatoms. The summed E-state index contributed by atoms with van der Waals surface area (Å²) in [7, 11) is 5.79. The maximum absolute atomic E-state index is 12.7. The third kappa shape index (κ3) is 11.0. The van der Waals surface area contributed by atoms with Gasteiger partial charge in [-0.05, 0) is 19.4 Å². The van der Waals surface area contributed by atoms with Crippen molar-refractivity contribution in [1.82, 2.24) is 29.8 Å². The number of amides is 6. The van der Waals surface area contributed by atoms with Crippen molar-refractivity contribution in [3.05, 3.63) is 12.2 Å². The average Bonchev–Trinajstić information content (AvgIpc) is 2.78. The van der Waals surface area contributed by atoms with Gasteiger partial charge >= 0.3 is 0 Å². The van der Waals surface area contributed by atoms with E-state index in [9.17, 15) is 28.8 Å². The number of hydrogen-bond acceptors (Lipinski definition) is 7. The van der Waals surface area contributed by atoms with Gasteiger partial charge < -0.3 is 35.6 Å². The van der Waals surface area contributed by atoms with E-state index in [1.54, 1.807) is 0 Å². The van der Waals surface area contributed by atoms with Crippen LogP contribution in [-0.2, 0) is 28.8 Å². The van der Waals surface area contributed by atoms with Crippen LogP contribution in [0.3, 0.4) is 0 Å². The molecule has 1 aliphatic heterocycles. The topological polar surface area (TPSA) is 157 Å². The lowest BCUT2D eigenvalue weighted by Gasteiger charge is -2.27. The Bertz CT molecular complexity index is 831. The van der Waals surface area contributed by atoms with Crippen molar-refractivity contribution >= 4 is 35.4 Å². The Kier molecular flexibility index (Phi) is 12.4. The maximum Gasteiger partial charge on any atom is 0.242 e. The minimum absolute atomic E-state index is 0.0551. The van der Waals surface area contributed by atoms with Crippen LogP contribution in [0.25, 0.3) is 0 Å². The molecule has 0 fully saturated rings. The van der Waals surface area contributed by atoms with Gasteiger partial charge in [-0.1, -0.05) is 12.2 Å². The third-order valence-corrected chi connectivity index (χ3v) is 5.39. The highest BCUT2D eigenvalue weighted by molar-refractivity contribution is 5.91. The first-order chi connectivity index (χ1) is 16.4. The molecular weight excluding hydrogens is 458 g/mol. The monoisotopic (exact) mass is 495 g/mol. The van der Waals surface area contributed by atoms with Gasteiger partial charge in [0.05, 0.1) is 39.3 Å². The fourth-order valence-corrected chi connectivity index (χ4v) is 3.09. The number of carbonyl (C=O) groups is 6. The first kappa shape index (κ1) is 29.6. The van der Waals surface area contributed by atoms with Crippen LogP contribution < -0.4 is 11.1 Å². The highest BCUT2D eigenvalue weighted by Gasteiger charge is 2.23. The molecule has 0 aliphatic carbocycles. The van der Waals surface area contributed by atoms with E-state index < -0.39 is 29.5 Å². The molecule has 0 saturated heterocycles. The van der Waals surface area contributed by atoms with Crippen LogP contribution in [0.4, 0.5) is 0 Å². The molecular formula is C22H37N7O6. The molecule has 0 aromatic heterocycles. The second kappa shape index (κ2) is 14.7. The van der Waals surface area contributed by atoms with Gasteiger partial charge in [0.15, 0.2) is 0 Å². The summed E-state index contributed by atoms with van der Waals surface area (Å²) < 4.78 is 0. The van der Waals surface area contributed by atoms with Gasteiger partial charge in [0.1, 0.15) is 0 Å². The summed E-state index contributed by atoms with van der Waals surface area (Å²) in [5.41, 5.74) is 5.26. The van der Waals surface area contributed by atoms with E-state index in [0.29, 0.717) is 19.4 Å². The summed E-state index contributed by atoms with van der Waals surface area (Å²) in [6, 6.07) is 0. The molecule has 3 N–H and O–H groups in total. The molecule has 0 aromatic carbocycles. The van der Waals surface area contributed by atoms with Crippen molar-refractivity contribution in [2.75, 3.05) is 80.5 Å². The average molecular weight is 496 g/mol. The Morgan fingerprint density at radius 3 is 1.66 bits per heavy atom. The van der Waals surface area contributed by atoms with Gasteiger partial charge in [0, 0.05) is 34.7 Å². The second-order valence-corrected chi connectivity index (χ2v) is 8.51. The number of nitrogens with one attached hydrogen (secondary N) is 1. The van der Waals surface area contributed by atoms with E-state index in [-0.39, 0.29) is 51.7 Å². The molecule has 35 heavy (non-hydrogen) atoms. The number of nitrogens with zero attached hydrogens (tertiary/aromatic N) is 5. The van der Waals surface area contributed by atoms with Crippen molar-refractivity contribution in [2.24, 2.45) is 5.73 Å². The van der Waals surface area contributed by atoms with Crippen LogP contribution in [0.1, 0.15) is 12.8 Å². The summed E-state index contributed by atoms with van der Waals surface area (Å²) in [6.07, 6.45) is 4.86. The number of primary amides is 1. The molecule has 6 amide bonds. The number of nitrogens with two attached hydrogens (primary N) is 1. The SMILES string of the molecule is CN1CC(=O)N(C)CC(=O)N(C)CC(=O)N(C)CC(=O)N(CC(N)=O)CC/C=C/CCNCC1=O. The molecule has 0 radical (unpaired) electrons. The van der Waals surface area contributed by atoms with Crippen molar-refractivity contribution in [3.63, 3.8) is 0 Å². The van der Waals surface area contributed by atoms with E-state index in [2.05, 4.69) is 5.32 Å². The van der Waals surface area contributed by atoms with Crippen LogP contribution in [-0.4, -0.2) is 140 Å². The lowest BCUT2D eigenvalue weighted by Crippen LogP contribution is -2.49. The van der Waals surface area contributed by atoms with E-state index in [1.807, 2.05) is 12.2 Å². The first-order valence-electron chi connectivity index (χ1n) is 11.3. The quantitative estimate of drug-likeness (QED) is 0.389. The molecule has 0 bridgehead atoms. The van der Waals surface area contributed by atoms with Crippen molar-refractivity contribution in [3.8, 4) is 0 Å². The third-order valence-electron chi connectivity index (χ3n) is 5.39. The number of rotatable bonds is 2. The van der Waals surface area contributed by atoms with Gasteiger partial charge in [-0.2, -0.15) is 0 Å². The molecule has 1 heterocycles. The van der Waals surface area contributed by atoms with E-state index in [4.69, 9.17) is 5.73 Å². The fourth-order valence-electron chi connectivity index (χ4n) is 3.09. The predicted molar refractivity (Wildman–Crippen MR) is 128 cm³/mol. The lowest BCUT2D eigenvalue weighted by molar-refractivity contribution is -0.145. The summed E-state index contributed by atoms with van der Waals surface area (Å²) >= 11 is 0. The lowest BCUT2D eigenvalue weighted by atomic mass is 10.3. The molecule has 0 saturated carbocycles. The zero-order valence-corrected chi connectivity index (χ0v) is 21.0. The van der Waals surface area contributed by atoms with Crippen LogP contribution >= 0.6 is 0 Å². The Balaban J connectivity index is 2.95. The maximum atomic E-state index is 12.7. The van der Waals surface area contributed by atoms with E-state index in [0.717, 1.165) is 4.90 Å². The first-order valence-corrected chi connectivity index (χ1v) is 11.3. The summed E-state index contributed by atoms with van der Waals surface area (Å²) in [4.78, 5) is 79.8. The number of hydrogen-bond donors (Lipinski definition) is 2. The zero-order valence-electron chi connectivity index (χ0n) is 21.0.